The van der Waals surface area contributed by atoms with Gasteiger partial charge in [-0.3, -0.25) is 0 Å². The molecule has 2 aliphatic rings. The van der Waals surface area contributed by atoms with Gasteiger partial charge < -0.3 is 4.74 Å². The molecule has 2 nitrogen and oxygen atoms in total. The Balaban J connectivity index is 1.69. The Morgan fingerprint density at radius 3 is 2.89 bits per heavy atom. The average molecular weight is 255 g/mol. The first-order chi connectivity index (χ1) is 9.31. The number of ether oxygens (including phenoxy) is 1. The predicted octanol–water partition coefficient (Wildman–Crippen LogP) is 3.64. The highest BCUT2D eigenvalue weighted by atomic mass is 16.5. The Labute approximate surface area is 115 Å². The fourth-order valence-corrected chi connectivity index (χ4v) is 3.47. The van der Waals surface area contributed by atoms with Crippen LogP contribution < -0.4 is 0 Å². The molecule has 0 radical (unpaired) electrons. The summed E-state index contributed by atoms with van der Waals surface area (Å²) in [7, 11) is 0. The minimum Gasteiger partial charge on any atom is -0.378 e. The molecule has 2 heteroatoms. The number of hydrogen-bond donors (Lipinski definition) is 0. The van der Waals surface area contributed by atoms with Crippen LogP contribution in [-0.2, 0) is 17.6 Å². The lowest BCUT2D eigenvalue weighted by Gasteiger charge is -2.33. The van der Waals surface area contributed by atoms with Crippen LogP contribution in [0.15, 0.2) is 24.3 Å². The van der Waals surface area contributed by atoms with Gasteiger partial charge in [0.05, 0.1) is 17.6 Å². The van der Waals surface area contributed by atoms with Gasteiger partial charge in [-0.05, 0) is 56.1 Å². The van der Waals surface area contributed by atoms with Crippen molar-refractivity contribution in [3.63, 3.8) is 0 Å². The van der Waals surface area contributed by atoms with Crippen LogP contribution in [-0.4, -0.2) is 12.7 Å². The van der Waals surface area contributed by atoms with Crippen molar-refractivity contribution < 1.29 is 4.74 Å². The van der Waals surface area contributed by atoms with Crippen molar-refractivity contribution in [1.29, 1.82) is 5.26 Å². The molecule has 1 aromatic rings. The summed E-state index contributed by atoms with van der Waals surface area (Å²) in [5.74, 6) is 0. The normalized spacial score (nSPS) is 29.7. The van der Waals surface area contributed by atoms with E-state index in [-0.39, 0.29) is 5.41 Å². The first-order valence-corrected chi connectivity index (χ1v) is 7.41. The summed E-state index contributed by atoms with van der Waals surface area (Å²) >= 11 is 0. The molecule has 1 aromatic carbocycles. The Bertz CT molecular complexity index is 484. The fourth-order valence-electron chi connectivity index (χ4n) is 3.47. The Morgan fingerprint density at radius 2 is 2.16 bits per heavy atom. The van der Waals surface area contributed by atoms with Crippen molar-refractivity contribution in [3.05, 3.63) is 35.4 Å². The third-order valence-corrected chi connectivity index (χ3v) is 4.73. The zero-order chi connectivity index (χ0) is 13.1. The van der Waals surface area contributed by atoms with Crippen LogP contribution in [0.2, 0.25) is 0 Å². The lowest BCUT2D eigenvalue weighted by Crippen LogP contribution is -2.28. The van der Waals surface area contributed by atoms with Crippen molar-refractivity contribution in [2.45, 2.75) is 51.0 Å². The van der Waals surface area contributed by atoms with Gasteiger partial charge in [-0.1, -0.05) is 24.3 Å². The van der Waals surface area contributed by atoms with Crippen LogP contribution >= 0.6 is 0 Å². The molecule has 2 atom stereocenters. The van der Waals surface area contributed by atoms with Gasteiger partial charge in [0.1, 0.15) is 0 Å². The number of aryl methyl sites for hydroxylation is 1. The minimum absolute atomic E-state index is 0.152. The molecule has 2 unspecified atom stereocenters. The second-order valence-corrected chi connectivity index (χ2v) is 6.01. The van der Waals surface area contributed by atoms with Gasteiger partial charge in [0.25, 0.3) is 0 Å². The van der Waals surface area contributed by atoms with E-state index in [4.69, 9.17) is 4.74 Å². The standard InChI is InChI=1S/C17H21NO/c18-13-17(10-8-16-6-3-11-19-16)9-7-14-4-1-2-5-15(14)12-17/h1-2,4-5,16H,3,6-12H2. The van der Waals surface area contributed by atoms with Crippen molar-refractivity contribution >= 4 is 0 Å². The smallest absolute Gasteiger partial charge is 0.0693 e. The second kappa shape index (κ2) is 5.35. The predicted molar refractivity (Wildman–Crippen MR) is 74.7 cm³/mol. The third-order valence-electron chi connectivity index (χ3n) is 4.73. The molecule has 0 N–H and O–H groups in total. The maximum Gasteiger partial charge on any atom is 0.0693 e. The molecular formula is C17H21NO. The molecule has 0 bridgehead atoms. The zero-order valence-corrected chi connectivity index (χ0v) is 11.4. The largest absolute Gasteiger partial charge is 0.378 e. The summed E-state index contributed by atoms with van der Waals surface area (Å²) in [6.45, 7) is 0.910. The molecule has 19 heavy (non-hydrogen) atoms. The average Bonchev–Trinajstić information content (AvgIpc) is 2.98. The van der Waals surface area contributed by atoms with E-state index in [1.54, 1.807) is 0 Å². The lowest BCUT2D eigenvalue weighted by molar-refractivity contribution is 0.0919. The summed E-state index contributed by atoms with van der Waals surface area (Å²) < 4.78 is 5.69. The highest BCUT2D eigenvalue weighted by Gasteiger charge is 2.35. The number of rotatable bonds is 3. The summed E-state index contributed by atoms with van der Waals surface area (Å²) in [5.41, 5.74) is 2.66. The molecule has 0 spiro atoms. The summed E-state index contributed by atoms with van der Waals surface area (Å²) in [6, 6.07) is 11.2. The highest BCUT2D eigenvalue weighted by Crippen LogP contribution is 2.39. The molecule has 0 aromatic heterocycles. The van der Waals surface area contributed by atoms with E-state index in [0.717, 1.165) is 38.7 Å². The molecule has 1 heterocycles. The van der Waals surface area contributed by atoms with Gasteiger partial charge in [-0.2, -0.15) is 5.26 Å². The van der Waals surface area contributed by atoms with Crippen molar-refractivity contribution in [1.82, 2.24) is 0 Å². The number of hydrogen-bond acceptors (Lipinski definition) is 2. The van der Waals surface area contributed by atoms with E-state index in [0.29, 0.717) is 6.10 Å². The van der Waals surface area contributed by atoms with E-state index in [2.05, 4.69) is 30.3 Å². The number of fused-ring (bicyclic) bond motifs is 1. The number of benzene rings is 1. The van der Waals surface area contributed by atoms with Crippen LogP contribution in [0, 0.1) is 16.7 Å². The van der Waals surface area contributed by atoms with Crippen molar-refractivity contribution in [2.24, 2.45) is 5.41 Å². The van der Waals surface area contributed by atoms with E-state index in [1.165, 1.54) is 24.0 Å². The monoisotopic (exact) mass is 255 g/mol. The zero-order valence-electron chi connectivity index (χ0n) is 11.4. The second-order valence-electron chi connectivity index (χ2n) is 6.01. The van der Waals surface area contributed by atoms with E-state index >= 15 is 0 Å². The minimum atomic E-state index is -0.152. The first-order valence-electron chi connectivity index (χ1n) is 7.41. The Hall–Kier alpha value is -1.33. The maximum atomic E-state index is 9.65. The summed E-state index contributed by atoms with van der Waals surface area (Å²) in [5, 5.41) is 9.65. The Morgan fingerprint density at radius 1 is 1.32 bits per heavy atom. The van der Waals surface area contributed by atoms with E-state index in [1.807, 2.05) is 0 Å². The lowest BCUT2D eigenvalue weighted by atomic mass is 9.69. The van der Waals surface area contributed by atoms with Gasteiger partial charge in [0.15, 0.2) is 0 Å². The van der Waals surface area contributed by atoms with Crippen LogP contribution in [0.4, 0.5) is 0 Å². The van der Waals surface area contributed by atoms with Crippen LogP contribution in [0.1, 0.15) is 43.2 Å². The molecule has 1 aliphatic heterocycles. The molecule has 3 rings (SSSR count). The number of nitrogens with zero attached hydrogens (tertiary/aromatic N) is 1. The topological polar surface area (TPSA) is 33.0 Å². The van der Waals surface area contributed by atoms with Crippen LogP contribution in [0.25, 0.3) is 0 Å². The van der Waals surface area contributed by atoms with Crippen molar-refractivity contribution in [3.8, 4) is 6.07 Å². The molecule has 0 amide bonds. The van der Waals surface area contributed by atoms with Crippen LogP contribution in [0.3, 0.4) is 0 Å². The SMILES string of the molecule is N#CC1(CCC2CCCO2)CCc2ccccc2C1. The molecule has 100 valence electrons. The van der Waals surface area contributed by atoms with E-state index < -0.39 is 0 Å². The maximum absolute atomic E-state index is 9.65. The first kappa shape index (κ1) is 12.7. The van der Waals surface area contributed by atoms with Crippen molar-refractivity contribution in [2.75, 3.05) is 6.61 Å². The number of nitriles is 1. The van der Waals surface area contributed by atoms with Gasteiger partial charge in [-0.15, -0.1) is 0 Å². The Kier molecular flexibility index (Phi) is 3.57. The van der Waals surface area contributed by atoms with Gasteiger partial charge in [0, 0.05) is 6.61 Å². The third kappa shape index (κ3) is 2.67. The highest BCUT2D eigenvalue weighted by molar-refractivity contribution is 5.32. The van der Waals surface area contributed by atoms with Gasteiger partial charge in [0.2, 0.25) is 0 Å². The molecule has 0 saturated carbocycles. The summed E-state index contributed by atoms with van der Waals surface area (Å²) in [4.78, 5) is 0. The van der Waals surface area contributed by atoms with Crippen LogP contribution in [0.5, 0.6) is 0 Å². The molecule has 1 aliphatic carbocycles. The molecule has 1 saturated heterocycles. The fraction of sp³-hybridized carbons (Fsp3) is 0.588. The van der Waals surface area contributed by atoms with Gasteiger partial charge >= 0.3 is 0 Å². The molecule has 1 fully saturated rings. The summed E-state index contributed by atoms with van der Waals surface area (Å²) in [6.07, 6.45) is 7.79. The van der Waals surface area contributed by atoms with Gasteiger partial charge in [-0.25, -0.2) is 0 Å². The van der Waals surface area contributed by atoms with E-state index in [9.17, 15) is 5.26 Å². The quantitative estimate of drug-likeness (QED) is 0.826. The molecular weight excluding hydrogens is 234 g/mol.